The van der Waals surface area contributed by atoms with Crippen LogP contribution in [0.3, 0.4) is 0 Å². The van der Waals surface area contributed by atoms with E-state index in [1.54, 1.807) is 47.1 Å². The number of rotatable bonds is 5. The number of benzene rings is 2. The molecule has 1 saturated heterocycles. The molecule has 1 N–H and O–H groups in total. The predicted octanol–water partition coefficient (Wildman–Crippen LogP) is 6.19. The van der Waals surface area contributed by atoms with Gasteiger partial charge in [-0.15, -0.1) is 0 Å². The van der Waals surface area contributed by atoms with Crippen molar-refractivity contribution in [2.24, 2.45) is 9.12 Å². The van der Waals surface area contributed by atoms with Gasteiger partial charge in [0.15, 0.2) is 5.84 Å². The zero-order valence-electron chi connectivity index (χ0n) is 18.7. The Bertz CT molecular complexity index is 1050. The Morgan fingerprint density at radius 2 is 1.79 bits per heavy atom. The molecule has 0 unspecified atom stereocenters. The lowest BCUT2D eigenvalue weighted by molar-refractivity contribution is -0.117. The number of anilines is 2. The van der Waals surface area contributed by atoms with Crippen LogP contribution in [0.5, 0.6) is 0 Å². The van der Waals surface area contributed by atoms with Crippen LogP contribution in [0.25, 0.3) is 0 Å². The Morgan fingerprint density at radius 1 is 1.15 bits per heavy atom. The van der Waals surface area contributed by atoms with Crippen molar-refractivity contribution in [3.63, 3.8) is 0 Å². The zero-order chi connectivity index (χ0) is 24.2. The van der Waals surface area contributed by atoms with Crippen LogP contribution < -0.4 is 10.2 Å². The summed E-state index contributed by atoms with van der Waals surface area (Å²) in [5.74, 6) is -0.651. The van der Waals surface area contributed by atoms with E-state index >= 15 is 0 Å². The van der Waals surface area contributed by atoms with Gasteiger partial charge in [0.2, 0.25) is 5.78 Å². The summed E-state index contributed by atoms with van der Waals surface area (Å²) in [6.07, 6.45) is 1.38. The normalized spacial score (nSPS) is 15.3. The summed E-state index contributed by atoms with van der Waals surface area (Å²) in [5.41, 5.74) is 1.58. The van der Waals surface area contributed by atoms with E-state index in [4.69, 9.17) is 4.74 Å². The highest BCUT2D eigenvalue weighted by Crippen LogP contribution is 2.26. The standard InChI is InChI=1S/C24H26BrFIN3O3/c1-24(2,3)33-23(32)16-4-7-18(8-5-16)30-12-10-15(11-13-30)21(31)22(29-27)28-17-6-9-20(26)19(25)14-17/h4-9,14-15H,10-13H2,1-3H3,(H,28,29). The highest BCUT2D eigenvalue weighted by atomic mass is 127. The average Bonchev–Trinajstić information content (AvgIpc) is 2.78. The summed E-state index contributed by atoms with van der Waals surface area (Å²) in [6.45, 7) is 6.96. The molecular weight excluding hydrogens is 604 g/mol. The third-order valence-corrected chi connectivity index (χ3v) is 6.32. The molecule has 6 nitrogen and oxygen atoms in total. The van der Waals surface area contributed by atoms with Gasteiger partial charge in [-0.2, -0.15) is 3.21 Å². The largest absolute Gasteiger partial charge is 0.456 e. The van der Waals surface area contributed by atoms with Crippen molar-refractivity contribution in [3.8, 4) is 0 Å². The van der Waals surface area contributed by atoms with Gasteiger partial charge in [-0.1, -0.05) is 0 Å². The molecule has 2 aromatic rings. The minimum atomic E-state index is -0.535. The Labute approximate surface area is 215 Å². The molecule has 1 fully saturated rings. The van der Waals surface area contributed by atoms with Gasteiger partial charge < -0.3 is 15.0 Å². The lowest BCUT2D eigenvalue weighted by Crippen LogP contribution is -2.39. The first-order chi connectivity index (χ1) is 15.6. The van der Waals surface area contributed by atoms with E-state index in [1.165, 1.54) is 6.07 Å². The number of piperidine rings is 1. The summed E-state index contributed by atoms with van der Waals surface area (Å²) >= 11 is 4.96. The third kappa shape index (κ3) is 6.99. The Morgan fingerprint density at radius 3 is 2.33 bits per heavy atom. The average molecular weight is 630 g/mol. The molecule has 1 aliphatic heterocycles. The summed E-state index contributed by atoms with van der Waals surface area (Å²) in [7, 11) is 0. The second kappa shape index (κ2) is 10.9. The predicted molar refractivity (Wildman–Crippen MR) is 141 cm³/mol. The van der Waals surface area contributed by atoms with Crippen molar-refractivity contribution in [1.29, 1.82) is 0 Å². The van der Waals surface area contributed by atoms with Crippen molar-refractivity contribution < 1.29 is 18.7 Å². The van der Waals surface area contributed by atoms with Gasteiger partial charge in [-0.25, -0.2) is 9.18 Å². The molecule has 3 rings (SSSR count). The maximum absolute atomic E-state index is 13.5. The van der Waals surface area contributed by atoms with E-state index in [1.807, 2.05) is 32.9 Å². The summed E-state index contributed by atoms with van der Waals surface area (Å²) in [4.78, 5) is 27.4. The molecule has 0 atom stereocenters. The third-order valence-electron chi connectivity index (χ3n) is 5.23. The quantitative estimate of drug-likeness (QED) is 0.185. The van der Waals surface area contributed by atoms with Gasteiger partial charge in [0, 0.05) is 30.4 Å². The summed E-state index contributed by atoms with van der Waals surface area (Å²) in [6, 6.07) is 11.8. The number of amidine groups is 1. The molecule has 9 heteroatoms. The molecule has 176 valence electrons. The van der Waals surface area contributed by atoms with Crippen molar-refractivity contribution >= 4 is 67.8 Å². The second-order valence-electron chi connectivity index (χ2n) is 8.86. The Hall–Kier alpha value is -2.01. The number of ketones is 1. The van der Waals surface area contributed by atoms with Crippen molar-refractivity contribution in [2.75, 3.05) is 23.3 Å². The van der Waals surface area contributed by atoms with Crippen molar-refractivity contribution in [3.05, 3.63) is 58.3 Å². The maximum atomic E-state index is 13.5. The number of esters is 1. The first kappa shape index (κ1) is 25.6. The first-order valence-electron chi connectivity index (χ1n) is 10.6. The smallest absolute Gasteiger partial charge is 0.338 e. The monoisotopic (exact) mass is 629 g/mol. The molecule has 0 bridgehead atoms. The molecule has 2 aromatic carbocycles. The highest BCUT2D eigenvalue weighted by Gasteiger charge is 2.28. The van der Waals surface area contributed by atoms with Crippen molar-refractivity contribution in [2.45, 2.75) is 39.2 Å². The van der Waals surface area contributed by atoms with Gasteiger partial charge in [0.1, 0.15) is 11.4 Å². The topological polar surface area (TPSA) is 71.0 Å². The van der Waals surface area contributed by atoms with E-state index in [-0.39, 0.29) is 29.3 Å². The van der Waals surface area contributed by atoms with Crippen molar-refractivity contribution in [1.82, 2.24) is 0 Å². The van der Waals surface area contributed by atoms with E-state index in [0.717, 1.165) is 18.8 Å². The van der Waals surface area contributed by atoms with Crippen LogP contribution in [0.15, 0.2) is 50.1 Å². The van der Waals surface area contributed by atoms with Gasteiger partial charge in [-0.05, 0) is 92.0 Å². The van der Waals surface area contributed by atoms with Crippen LogP contribution in [0, 0.1) is 11.7 Å². The number of Topliss-reactive ketones (excluding diaryl/α,β-unsaturated/α-hetero) is 1. The van der Waals surface area contributed by atoms with Crippen LogP contribution >= 0.6 is 38.8 Å². The molecule has 1 aliphatic rings. The van der Waals surface area contributed by atoms with Crippen LogP contribution in [-0.4, -0.2) is 36.3 Å². The highest BCUT2D eigenvalue weighted by molar-refractivity contribution is 14.1. The number of hydrogen-bond acceptors (Lipinski definition) is 5. The number of ether oxygens (including phenoxy) is 1. The molecule has 0 spiro atoms. The molecule has 0 radical (unpaired) electrons. The molecule has 1 heterocycles. The lowest BCUT2D eigenvalue weighted by atomic mass is 9.91. The van der Waals surface area contributed by atoms with Gasteiger partial charge >= 0.3 is 5.97 Å². The van der Waals surface area contributed by atoms with Gasteiger partial charge in [0.05, 0.1) is 32.9 Å². The zero-order valence-corrected chi connectivity index (χ0v) is 22.4. The second-order valence-corrected chi connectivity index (χ2v) is 10.2. The maximum Gasteiger partial charge on any atom is 0.338 e. The van der Waals surface area contributed by atoms with Gasteiger partial charge in [0.25, 0.3) is 0 Å². The number of halogens is 3. The van der Waals surface area contributed by atoms with Crippen LogP contribution in [0.4, 0.5) is 15.8 Å². The number of nitrogens with one attached hydrogen (secondary N) is 1. The molecule has 0 saturated carbocycles. The minimum Gasteiger partial charge on any atom is -0.456 e. The fraction of sp³-hybridized carbons (Fsp3) is 0.375. The van der Waals surface area contributed by atoms with Gasteiger partial charge in [-0.3, -0.25) is 4.79 Å². The van der Waals surface area contributed by atoms with Crippen LogP contribution in [0.2, 0.25) is 0 Å². The number of hydrogen-bond donors (Lipinski definition) is 1. The summed E-state index contributed by atoms with van der Waals surface area (Å²) < 4.78 is 23.3. The SMILES string of the molecule is CC(C)(C)OC(=O)c1ccc(N2CCC(C(=O)/C(=N/I)Nc3ccc(F)c(Br)c3)CC2)cc1. The first-order valence-corrected chi connectivity index (χ1v) is 12.4. The molecular formula is C24H26BrFIN3O3. The van der Waals surface area contributed by atoms with E-state index < -0.39 is 5.60 Å². The lowest BCUT2D eigenvalue weighted by Gasteiger charge is -2.33. The fourth-order valence-electron chi connectivity index (χ4n) is 3.57. The number of carbonyl (C=O) groups excluding carboxylic acids is 2. The molecule has 0 amide bonds. The molecule has 0 aliphatic carbocycles. The number of nitrogens with zero attached hydrogens (tertiary/aromatic N) is 2. The van der Waals surface area contributed by atoms with Crippen LogP contribution in [0.1, 0.15) is 44.0 Å². The summed E-state index contributed by atoms with van der Waals surface area (Å²) in [5, 5.41) is 3.01. The van der Waals surface area contributed by atoms with E-state index in [2.05, 4.69) is 29.4 Å². The fourth-order valence-corrected chi connectivity index (χ4v) is 4.31. The molecule has 33 heavy (non-hydrogen) atoms. The minimum absolute atomic E-state index is 0.0511. The van der Waals surface area contributed by atoms with E-state index in [9.17, 15) is 14.0 Å². The van der Waals surface area contributed by atoms with E-state index in [0.29, 0.717) is 28.6 Å². The Balaban J connectivity index is 1.57. The van der Waals surface area contributed by atoms with Crippen LogP contribution in [-0.2, 0) is 9.53 Å². The number of carbonyl (C=O) groups is 2. The Kier molecular flexibility index (Phi) is 8.49. The molecule has 0 aromatic heterocycles.